The summed E-state index contributed by atoms with van der Waals surface area (Å²) in [6.07, 6.45) is 4.11. The first kappa shape index (κ1) is 25.2. The number of hydrogen-bond acceptors (Lipinski definition) is 3. The summed E-state index contributed by atoms with van der Waals surface area (Å²) in [6.45, 7) is 12.6. The Morgan fingerprint density at radius 1 is 1.14 bits per heavy atom. The topological polar surface area (TPSA) is 48.9 Å². The summed E-state index contributed by atoms with van der Waals surface area (Å²) in [5, 5.41) is 6.82. The number of rotatable bonds is 9. The van der Waals surface area contributed by atoms with Crippen LogP contribution in [0.5, 0.6) is 0 Å². The van der Waals surface area contributed by atoms with Gasteiger partial charge in [0, 0.05) is 20.1 Å². The first-order chi connectivity index (χ1) is 13.1. The molecule has 2 rings (SSSR count). The molecule has 28 heavy (non-hydrogen) atoms. The first-order valence-corrected chi connectivity index (χ1v) is 10.4. The van der Waals surface area contributed by atoms with Crippen molar-refractivity contribution in [1.82, 2.24) is 15.5 Å². The summed E-state index contributed by atoms with van der Waals surface area (Å²) in [7, 11) is 1.83. The van der Waals surface area contributed by atoms with Crippen LogP contribution in [-0.4, -0.2) is 50.2 Å². The van der Waals surface area contributed by atoms with E-state index in [0.29, 0.717) is 6.61 Å². The molecule has 2 N–H and O–H groups in total. The molecule has 1 aliphatic heterocycles. The summed E-state index contributed by atoms with van der Waals surface area (Å²) in [5.74, 6) is 1.77. The maximum absolute atomic E-state index is 5.64. The average Bonchev–Trinajstić information content (AvgIpc) is 2.68. The van der Waals surface area contributed by atoms with Crippen LogP contribution in [0.2, 0.25) is 0 Å². The van der Waals surface area contributed by atoms with Gasteiger partial charge in [0.15, 0.2) is 5.96 Å². The third-order valence-electron chi connectivity index (χ3n) is 5.11. The lowest BCUT2D eigenvalue weighted by molar-refractivity contribution is 0.0657. The van der Waals surface area contributed by atoms with Crippen molar-refractivity contribution in [1.29, 1.82) is 0 Å². The molecule has 1 aromatic rings. The highest BCUT2D eigenvalue weighted by molar-refractivity contribution is 14.0. The van der Waals surface area contributed by atoms with E-state index < -0.39 is 0 Å². The van der Waals surface area contributed by atoms with Gasteiger partial charge in [0.2, 0.25) is 0 Å². The molecule has 0 spiro atoms. The summed E-state index contributed by atoms with van der Waals surface area (Å²) in [5.41, 5.74) is 2.45. The molecule has 6 heteroatoms. The molecule has 0 radical (unpaired) electrons. The van der Waals surface area contributed by atoms with Gasteiger partial charge < -0.3 is 20.3 Å². The second-order valence-electron chi connectivity index (χ2n) is 7.91. The van der Waals surface area contributed by atoms with Crippen LogP contribution < -0.4 is 10.6 Å². The molecule has 0 bridgehead atoms. The highest BCUT2D eigenvalue weighted by Crippen LogP contribution is 2.15. The van der Waals surface area contributed by atoms with Gasteiger partial charge in [-0.05, 0) is 69.8 Å². The molecular weight excluding hydrogens is 463 g/mol. The third kappa shape index (κ3) is 10.1. The van der Waals surface area contributed by atoms with Gasteiger partial charge in [-0.3, -0.25) is 4.99 Å². The maximum Gasteiger partial charge on any atom is 0.191 e. The molecule has 0 aromatic heterocycles. The Kier molecular flexibility index (Phi) is 12.7. The zero-order valence-corrected chi connectivity index (χ0v) is 20.4. The van der Waals surface area contributed by atoms with E-state index in [0.717, 1.165) is 31.4 Å². The maximum atomic E-state index is 5.64. The molecule has 1 aliphatic rings. The molecule has 0 unspecified atom stereocenters. The molecular formula is C22H39IN4O. The van der Waals surface area contributed by atoms with Crippen LogP contribution in [0.1, 0.15) is 51.2 Å². The molecule has 160 valence electrons. The van der Waals surface area contributed by atoms with Crippen molar-refractivity contribution < 1.29 is 4.74 Å². The van der Waals surface area contributed by atoms with Crippen molar-refractivity contribution >= 4 is 29.9 Å². The molecule has 0 aliphatic carbocycles. The second-order valence-corrected chi connectivity index (χ2v) is 7.91. The van der Waals surface area contributed by atoms with Crippen LogP contribution in [0.4, 0.5) is 0 Å². The Bertz CT molecular complexity index is 554. The zero-order valence-electron chi connectivity index (χ0n) is 18.0. The van der Waals surface area contributed by atoms with E-state index in [4.69, 9.17) is 4.74 Å². The largest absolute Gasteiger partial charge is 0.374 e. The van der Waals surface area contributed by atoms with Gasteiger partial charge in [0.05, 0.1) is 12.7 Å². The van der Waals surface area contributed by atoms with E-state index in [1.54, 1.807) is 0 Å². The van der Waals surface area contributed by atoms with Gasteiger partial charge in [-0.25, -0.2) is 0 Å². The van der Waals surface area contributed by atoms with E-state index in [1.165, 1.54) is 43.6 Å². The lowest BCUT2D eigenvalue weighted by Crippen LogP contribution is -2.39. The number of hydrogen-bond donors (Lipinski definition) is 2. The molecule has 0 atom stereocenters. The fourth-order valence-electron chi connectivity index (χ4n) is 3.22. The Morgan fingerprint density at radius 3 is 2.39 bits per heavy atom. The first-order valence-electron chi connectivity index (χ1n) is 10.4. The Morgan fingerprint density at radius 2 is 1.79 bits per heavy atom. The van der Waals surface area contributed by atoms with Crippen LogP contribution in [0.25, 0.3) is 0 Å². The Labute approximate surface area is 188 Å². The molecule has 0 amide bonds. The fraction of sp³-hybridized carbons (Fsp3) is 0.682. The lowest BCUT2D eigenvalue weighted by atomic mass is 9.99. The van der Waals surface area contributed by atoms with E-state index in [1.807, 2.05) is 7.05 Å². The number of halogens is 1. The van der Waals surface area contributed by atoms with E-state index in [-0.39, 0.29) is 30.1 Å². The SMILES string of the molecule is CN=C(NCCCN1CCC(C)CC1)NCc1ccc(COC(C)C)cc1.I. The van der Waals surface area contributed by atoms with Crippen molar-refractivity contribution in [2.45, 2.75) is 59.3 Å². The normalized spacial score (nSPS) is 16.1. The minimum absolute atomic E-state index is 0. The third-order valence-corrected chi connectivity index (χ3v) is 5.11. The number of aliphatic imine (C=N–C) groups is 1. The zero-order chi connectivity index (χ0) is 19.5. The number of nitrogens with one attached hydrogen (secondary N) is 2. The van der Waals surface area contributed by atoms with Gasteiger partial charge >= 0.3 is 0 Å². The minimum atomic E-state index is 0. The van der Waals surface area contributed by atoms with Gasteiger partial charge in [-0.15, -0.1) is 24.0 Å². The van der Waals surface area contributed by atoms with Crippen molar-refractivity contribution in [3.63, 3.8) is 0 Å². The van der Waals surface area contributed by atoms with Crippen LogP contribution >= 0.6 is 24.0 Å². The average molecular weight is 502 g/mol. The Balaban J connectivity index is 0.00000392. The summed E-state index contributed by atoms with van der Waals surface area (Å²) < 4.78 is 5.64. The van der Waals surface area contributed by atoms with Crippen LogP contribution in [0.15, 0.2) is 29.3 Å². The van der Waals surface area contributed by atoms with Gasteiger partial charge in [0.1, 0.15) is 0 Å². The molecule has 0 saturated carbocycles. The number of ether oxygens (including phenoxy) is 1. The predicted octanol–water partition coefficient (Wildman–Crippen LogP) is 4.02. The standard InChI is InChI=1S/C22H38N4O.HI/c1-18(2)27-17-21-8-6-20(7-9-21)16-25-22(23-4)24-12-5-13-26-14-10-19(3)11-15-26;/h6-9,18-19H,5,10-17H2,1-4H3,(H2,23,24,25);1H. The molecule has 1 saturated heterocycles. The van der Waals surface area contributed by atoms with Crippen molar-refractivity contribution in [2.24, 2.45) is 10.9 Å². The smallest absolute Gasteiger partial charge is 0.191 e. The minimum Gasteiger partial charge on any atom is -0.374 e. The van der Waals surface area contributed by atoms with E-state index in [9.17, 15) is 0 Å². The number of guanidine groups is 1. The number of piperidine rings is 1. The molecule has 1 aromatic carbocycles. The second kappa shape index (κ2) is 14.2. The Hall–Kier alpha value is -0.860. The monoisotopic (exact) mass is 502 g/mol. The van der Waals surface area contributed by atoms with E-state index >= 15 is 0 Å². The van der Waals surface area contributed by atoms with Crippen molar-refractivity contribution in [3.05, 3.63) is 35.4 Å². The van der Waals surface area contributed by atoms with Crippen LogP contribution in [-0.2, 0) is 17.9 Å². The summed E-state index contributed by atoms with van der Waals surface area (Å²) >= 11 is 0. The highest BCUT2D eigenvalue weighted by Gasteiger charge is 2.14. The van der Waals surface area contributed by atoms with E-state index in [2.05, 4.69) is 65.6 Å². The van der Waals surface area contributed by atoms with Crippen molar-refractivity contribution in [2.75, 3.05) is 33.2 Å². The van der Waals surface area contributed by atoms with Crippen LogP contribution in [0, 0.1) is 5.92 Å². The quantitative estimate of drug-likeness (QED) is 0.232. The van der Waals surface area contributed by atoms with Crippen molar-refractivity contribution in [3.8, 4) is 0 Å². The number of nitrogens with zero attached hydrogens (tertiary/aromatic N) is 2. The van der Waals surface area contributed by atoms with Gasteiger partial charge in [0.25, 0.3) is 0 Å². The lowest BCUT2D eigenvalue weighted by Gasteiger charge is -2.30. The number of benzene rings is 1. The van der Waals surface area contributed by atoms with Gasteiger partial charge in [-0.1, -0.05) is 31.2 Å². The number of likely N-dealkylation sites (tertiary alicyclic amines) is 1. The summed E-state index contributed by atoms with van der Waals surface area (Å²) in [6, 6.07) is 8.57. The molecule has 1 fully saturated rings. The molecule has 1 heterocycles. The van der Waals surface area contributed by atoms with Gasteiger partial charge in [-0.2, -0.15) is 0 Å². The fourth-order valence-corrected chi connectivity index (χ4v) is 3.22. The summed E-state index contributed by atoms with van der Waals surface area (Å²) in [4.78, 5) is 6.91. The molecule has 5 nitrogen and oxygen atoms in total. The predicted molar refractivity (Wildman–Crippen MR) is 129 cm³/mol. The van der Waals surface area contributed by atoms with Crippen LogP contribution in [0.3, 0.4) is 0 Å². The highest BCUT2D eigenvalue weighted by atomic mass is 127.